The Labute approximate surface area is 137 Å². The van der Waals surface area contributed by atoms with Crippen LogP contribution in [-0.2, 0) is 15.4 Å². The number of H-pyrrole nitrogens is 1. The van der Waals surface area contributed by atoms with Gasteiger partial charge in [0, 0.05) is 17.8 Å². The highest BCUT2D eigenvalue weighted by Gasteiger charge is 2.51. The molecule has 0 amide bonds. The number of nitriles is 1. The highest BCUT2D eigenvalue weighted by molar-refractivity contribution is 7.92. The molecule has 1 fully saturated rings. The van der Waals surface area contributed by atoms with Gasteiger partial charge in [0.05, 0.1) is 35.3 Å². The van der Waals surface area contributed by atoms with Crippen molar-refractivity contribution in [1.82, 2.24) is 24.7 Å². The molecule has 3 N–H and O–H groups in total. The van der Waals surface area contributed by atoms with Gasteiger partial charge in [0.1, 0.15) is 17.5 Å². The summed E-state index contributed by atoms with van der Waals surface area (Å²) in [7, 11) is -3.14. The number of sulfone groups is 1. The zero-order valence-corrected chi connectivity index (χ0v) is 13.3. The quantitative estimate of drug-likeness (QED) is 0.702. The minimum Gasteiger partial charge on any atom is -0.382 e. The van der Waals surface area contributed by atoms with Crippen molar-refractivity contribution in [3.05, 3.63) is 24.8 Å². The number of anilines is 1. The fourth-order valence-electron chi connectivity index (χ4n) is 3.14. The first-order valence-corrected chi connectivity index (χ1v) is 8.98. The molecule has 1 aliphatic heterocycles. The Bertz CT molecular complexity index is 1080. The molecule has 0 aromatic carbocycles. The Hall–Kier alpha value is -2.93. The number of aromatic nitrogens is 5. The second kappa shape index (κ2) is 4.78. The van der Waals surface area contributed by atoms with E-state index < -0.39 is 15.4 Å². The lowest BCUT2D eigenvalue weighted by Crippen LogP contribution is -2.56. The first-order chi connectivity index (χ1) is 11.4. The first-order valence-electron chi connectivity index (χ1n) is 7.16. The molecule has 24 heavy (non-hydrogen) atoms. The fraction of sp³-hybridized carbons (Fsp3) is 0.286. The summed E-state index contributed by atoms with van der Waals surface area (Å²) in [5.74, 6) is 0.00682. The van der Waals surface area contributed by atoms with Crippen molar-refractivity contribution >= 4 is 26.7 Å². The van der Waals surface area contributed by atoms with E-state index in [-0.39, 0.29) is 23.7 Å². The Balaban J connectivity index is 1.84. The van der Waals surface area contributed by atoms with E-state index in [2.05, 4.69) is 20.1 Å². The van der Waals surface area contributed by atoms with Gasteiger partial charge in [-0.05, 0) is 6.07 Å². The fourth-order valence-corrected chi connectivity index (χ4v) is 5.16. The molecular formula is C14H13N7O2S. The summed E-state index contributed by atoms with van der Waals surface area (Å²) < 4.78 is 24.8. The summed E-state index contributed by atoms with van der Waals surface area (Å²) >= 11 is 0. The number of nitrogen functional groups attached to an aromatic ring is 1. The minimum atomic E-state index is -3.14. The molecule has 0 atom stereocenters. The van der Waals surface area contributed by atoms with E-state index in [1.807, 2.05) is 12.1 Å². The summed E-state index contributed by atoms with van der Waals surface area (Å²) in [5.41, 5.74) is 7.05. The zero-order valence-electron chi connectivity index (χ0n) is 12.5. The van der Waals surface area contributed by atoms with Gasteiger partial charge >= 0.3 is 0 Å². The lowest BCUT2D eigenvalue weighted by Gasteiger charge is -2.39. The number of nitrogens with two attached hydrogens (primary N) is 1. The zero-order chi connectivity index (χ0) is 16.9. The maximum atomic E-state index is 11.6. The van der Waals surface area contributed by atoms with Gasteiger partial charge in [-0.15, -0.1) is 0 Å². The smallest absolute Gasteiger partial charge is 0.155 e. The van der Waals surface area contributed by atoms with Crippen LogP contribution in [-0.4, -0.2) is 44.7 Å². The van der Waals surface area contributed by atoms with E-state index in [4.69, 9.17) is 11.0 Å². The molecule has 0 unspecified atom stereocenters. The maximum absolute atomic E-state index is 11.6. The van der Waals surface area contributed by atoms with Crippen molar-refractivity contribution in [1.29, 1.82) is 5.26 Å². The van der Waals surface area contributed by atoms with Crippen molar-refractivity contribution in [2.75, 3.05) is 17.2 Å². The second-order valence-corrected chi connectivity index (χ2v) is 7.99. The van der Waals surface area contributed by atoms with Gasteiger partial charge in [-0.3, -0.25) is 4.68 Å². The number of nitrogens with zero attached hydrogens (tertiary/aromatic N) is 5. The van der Waals surface area contributed by atoms with E-state index in [1.54, 1.807) is 12.4 Å². The van der Waals surface area contributed by atoms with Crippen LogP contribution in [0, 0.1) is 11.3 Å². The van der Waals surface area contributed by atoms with E-state index in [0.717, 1.165) is 5.39 Å². The summed E-state index contributed by atoms with van der Waals surface area (Å²) in [5, 5.41) is 14.1. The van der Waals surface area contributed by atoms with Gasteiger partial charge in [-0.1, -0.05) is 0 Å². The molecule has 1 aliphatic rings. The third-order valence-corrected chi connectivity index (χ3v) is 6.18. The molecular weight excluding hydrogens is 330 g/mol. The van der Waals surface area contributed by atoms with E-state index in [9.17, 15) is 8.42 Å². The summed E-state index contributed by atoms with van der Waals surface area (Å²) in [6.45, 7) is 0. The number of aromatic amines is 1. The largest absolute Gasteiger partial charge is 0.382 e. The Morgan fingerprint density at radius 3 is 2.92 bits per heavy atom. The molecule has 1 saturated heterocycles. The van der Waals surface area contributed by atoms with Gasteiger partial charge in [-0.2, -0.15) is 10.4 Å². The number of fused-ring (bicyclic) bond motifs is 1. The van der Waals surface area contributed by atoms with Crippen LogP contribution in [0.25, 0.3) is 22.3 Å². The van der Waals surface area contributed by atoms with Crippen LogP contribution >= 0.6 is 0 Å². The molecule has 3 aromatic rings. The second-order valence-electron chi connectivity index (χ2n) is 5.93. The van der Waals surface area contributed by atoms with Crippen LogP contribution in [0.3, 0.4) is 0 Å². The van der Waals surface area contributed by atoms with E-state index in [1.165, 1.54) is 11.0 Å². The molecule has 0 spiro atoms. The average molecular weight is 343 g/mol. The van der Waals surface area contributed by atoms with Gasteiger partial charge < -0.3 is 10.7 Å². The lowest BCUT2D eigenvalue weighted by atomic mass is 10.0. The lowest BCUT2D eigenvalue weighted by molar-refractivity contribution is 0.301. The molecule has 3 aromatic heterocycles. The molecule has 0 aliphatic carbocycles. The van der Waals surface area contributed by atoms with Crippen molar-refractivity contribution in [3.63, 3.8) is 0 Å². The predicted octanol–water partition coefficient (Wildman–Crippen LogP) is 0.441. The third-order valence-electron chi connectivity index (χ3n) is 4.22. The van der Waals surface area contributed by atoms with Crippen LogP contribution in [0.2, 0.25) is 0 Å². The number of hydrogen-bond donors (Lipinski definition) is 2. The van der Waals surface area contributed by atoms with Crippen LogP contribution in [0.5, 0.6) is 0 Å². The Morgan fingerprint density at radius 1 is 1.42 bits per heavy atom. The molecule has 0 radical (unpaired) electrons. The summed E-state index contributed by atoms with van der Waals surface area (Å²) in [6, 6.07) is 3.88. The highest BCUT2D eigenvalue weighted by atomic mass is 32.2. The van der Waals surface area contributed by atoms with E-state index >= 15 is 0 Å². The Kier molecular flexibility index (Phi) is 2.92. The van der Waals surface area contributed by atoms with E-state index in [0.29, 0.717) is 16.9 Å². The van der Waals surface area contributed by atoms with Crippen molar-refractivity contribution in [2.24, 2.45) is 0 Å². The van der Waals surface area contributed by atoms with Crippen LogP contribution in [0.4, 0.5) is 5.82 Å². The van der Waals surface area contributed by atoms with Gasteiger partial charge in [-0.25, -0.2) is 18.4 Å². The average Bonchev–Trinajstić information content (AvgIpc) is 3.11. The van der Waals surface area contributed by atoms with Crippen molar-refractivity contribution in [3.8, 4) is 17.3 Å². The van der Waals surface area contributed by atoms with Crippen LogP contribution < -0.4 is 5.73 Å². The summed E-state index contributed by atoms with van der Waals surface area (Å²) in [4.78, 5) is 11.4. The number of nitrogens with one attached hydrogen (secondary N) is 1. The minimum absolute atomic E-state index is 0.0517. The third kappa shape index (κ3) is 2.05. The molecule has 0 bridgehead atoms. The molecule has 10 heteroatoms. The Morgan fingerprint density at radius 2 is 2.21 bits per heavy atom. The van der Waals surface area contributed by atoms with Gasteiger partial charge in [0.25, 0.3) is 0 Å². The molecule has 9 nitrogen and oxygen atoms in total. The number of hydrogen-bond acceptors (Lipinski definition) is 7. The topological polar surface area (TPSA) is 143 Å². The number of rotatable bonds is 3. The van der Waals surface area contributed by atoms with Crippen molar-refractivity contribution in [2.45, 2.75) is 12.0 Å². The SMILES string of the molecule is N#CCC1(n2cc(-c3ncnc4[nH]ccc34)c(N)n2)CS(=O)(=O)C1. The molecule has 0 saturated carbocycles. The molecule has 4 rings (SSSR count). The van der Waals surface area contributed by atoms with Gasteiger partial charge in [0.2, 0.25) is 0 Å². The normalized spacial score (nSPS) is 18.1. The van der Waals surface area contributed by atoms with Crippen LogP contribution in [0.1, 0.15) is 6.42 Å². The first kappa shape index (κ1) is 14.6. The van der Waals surface area contributed by atoms with Crippen LogP contribution in [0.15, 0.2) is 24.8 Å². The standard InChI is InChI=1S/C14H13N7O2S/c15-3-2-14(6-24(22,23)7-14)21-5-10(12(16)20-21)11-9-1-4-17-13(9)19-8-18-11/h1,4-5,8H,2,6-7H2,(H2,16,20)(H,17,18,19). The molecule has 4 heterocycles. The maximum Gasteiger partial charge on any atom is 0.155 e. The highest BCUT2D eigenvalue weighted by Crippen LogP contribution is 2.37. The van der Waals surface area contributed by atoms with Gasteiger partial charge in [0.15, 0.2) is 15.7 Å². The van der Waals surface area contributed by atoms with Crippen molar-refractivity contribution < 1.29 is 8.42 Å². The monoisotopic (exact) mass is 343 g/mol. The summed E-state index contributed by atoms with van der Waals surface area (Å²) in [6.07, 6.45) is 4.88. The molecule has 122 valence electrons. The predicted molar refractivity (Wildman–Crippen MR) is 86.4 cm³/mol.